The molecule has 0 unspecified atom stereocenters. The highest BCUT2D eigenvalue weighted by molar-refractivity contribution is 5.79. The molecule has 2 aliphatic heterocycles. The number of aliphatic carboxylic acids is 1. The van der Waals surface area contributed by atoms with Crippen molar-refractivity contribution in [3.63, 3.8) is 0 Å². The van der Waals surface area contributed by atoms with Gasteiger partial charge in [-0.1, -0.05) is 0 Å². The van der Waals surface area contributed by atoms with Gasteiger partial charge >= 0.3 is 5.97 Å². The van der Waals surface area contributed by atoms with Crippen LogP contribution in [-0.2, 0) is 4.79 Å². The van der Waals surface area contributed by atoms with Crippen LogP contribution in [0.3, 0.4) is 0 Å². The zero-order valence-electron chi connectivity index (χ0n) is 6.79. The number of nitrogens with zero attached hydrogens (tertiary/aromatic N) is 1. The SMILES string of the molecule is O=C(O)[C@@]12CCCN1C[C@@H](F)C2. The molecule has 0 aromatic rings. The molecule has 2 rings (SSSR count). The molecule has 0 aromatic carbocycles. The summed E-state index contributed by atoms with van der Waals surface area (Å²) in [4.78, 5) is 12.7. The van der Waals surface area contributed by atoms with Gasteiger partial charge in [-0.25, -0.2) is 4.39 Å². The molecule has 2 heterocycles. The van der Waals surface area contributed by atoms with Crippen molar-refractivity contribution in [2.45, 2.75) is 31.0 Å². The first-order chi connectivity index (χ1) is 5.65. The van der Waals surface area contributed by atoms with Crippen molar-refractivity contribution in [3.8, 4) is 0 Å². The van der Waals surface area contributed by atoms with Crippen LogP contribution in [0, 0.1) is 0 Å². The van der Waals surface area contributed by atoms with E-state index in [1.54, 1.807) is 4.90 Å². The van der Waals surface area contributed by atoms with Gasteiger partial charge in [-0.2, -0.15) is 0 Å². The molecular formula is C8H12FNO2. The van der Waals surface area contributed by atoms with Crippen molar-refractivity contribution in [2.24, 2.45) is 0 Å². The lowest BCUT2D eigenvalue weighted by atomic mass is 9.94. The molecule has 12 heavy (non-hydrogen) atoms. The van der Waals surface area contributed by atoms with Crippen molar-refractivity contribution < 1.29 is 14.3 Å². The van der Waals surface area contributed by atoms with E-state index in [1.165, 1.54) is 0 Å². The molecule has 0 aromatic heterocycles. The third kappa shape index (κ3) is 0.874. The Kier molecular flexibility index (Phi) is 1.61. The Hall–Kier alpha value is -0.640. The number of fused-ring (bicyclic) bond motifs is 1. The Morgan fingerprint density at radius 1 is 1.67 bits per heavy atom. The lowest BCUT2D eigenvalue weighted by Crippen LogP contribution is -2.45. The van der Waals surface area contributed by atoms with Crippen LogP contribution in [0.2, 0.25) is 0 Å². The molecule has 68 valence electrons. The fourth-order valence-electron chi connectivity index (χ4n) is 2.43. The van der Waals surface area contributed by atoms with Gasteiger partial charge in [-0.05, 0) is 19.4 Å². The number of carbonyl (C=O) groups is 1. The van der Waals surface area contributed by atoms with Crippen LogP contribution >= 0.6 is 0 Å². The van der Waals surface area contributed by atoms with E-state index in [4.69, 9.17) is 5.11 Å². The number of alkyl halides is 1. The zero-order valence-corrected chi connectivity index (χ0v) is 6.79. The predicted octanol–water partition coefficient (Wildman–Crippen LogP) is 0.647. The van der Waals surface area contributed by atoms with Crippen LogP contribution in [0.1, 0.15) is 19.3 Å². The molecular weight excluding hydrogens is 161 g/mol. The fraction of sp³-hybridized carbons (Fsp3) is 0.875. The standard InChI is InChI=1S/C8H12FNO2/c9-6-4-8(7(11)12)2-1-3-10(8)5-6/h6H,1-5H2,(H,11,12)/t6-,8-/m0/s1. The predicted molar refractivity (Wildman–Crippen MR) is 40.7 cm³/mol. The van der Waals surface area contributed by atoms with Gasteiger partial charge in [0.1, 0.15) is 11.7 Å². The summed E-state index contributed by atoms with van der Waals surface area (Å²) in [5, 5.41) is 8.98. The largest absolute Gasteiger partial charge is 0.480 e. The maximum Gasteiger partial charge on any atom is 0.324 e. The number of carboxylic acid groups (broad SMARTS) is 1. The molecule has 0 spiro atoms. The summed E-state index contributed by atoms with van der Waals surface area (Å²) in [5.41, 5.74) is -0.848. The van der Waals surface area contributed by atoms with E-state index in [1.807, 2.05) is 0 Å². The van der Waals surface area contributed by atoms with Gasteiger partial charge in [0.25, 0.3) is 0 Å². The van der Waals surface area contributed by atoms with Crippen LogP contribution in [0.15, 0.2) is 0 Å². The summed E-state index contributed by atoms with van der Waals surface area (Å²) >= 11 is 0. The fourth-order valence-corrected chi connectivity index (χ4v) is 2.43. The third-order valence-electron chi connectivity index (χ3n) is 3.00. The van der Waals surface area contributed by atoms with Gasteiger partial charge in [-0.15, -0.1) is 0 Å². The van der Waals surface area contributed by atoms with E-state index in [2.05, 4.69) is 0 Å². The number of hydrogen-bond acceptors (Lipinski definition) is 2. The van der Waals surface area contributed by atoms with Crippen molar-refractivity contribution in [3.05, 3.63) is 0 Å². The molecule has 0 aliphatic carbocycles. The molecule has 0 saturated carbocycles. The second-order valence-electron chi connectivity index (χ2n) is 3.69. The van der Waals surface area contributed by atoms with Gasteiger partial charge in [0.2, 0.25) is 0 Å². The van der Waals surface area contributed by atoms with Crippen molar-refractivity contribution >= 4 is 5.97 Å². The maximum atomic E-state index is 12.9. The van der Waals surface area contributed by atoms with Gasteiger partial charge in [0, 0.05) is 13.0 Å². The molecule has 2 saturated heterocycles. The third-order valence-corrected chi connectivity index (χ3v) is 3.00. The Balaban J connectivity index is 2.26. The summed E-state index contributed by atoms with van der Waals surface area (Å²) in [5.74, 6) is -0.847. The Morgan fingerprint density at radius 2 is 2.42 bits per heavy atom. The Labute approximate surface area is 70.2 Å². The lowest BCUT2D eigenvalue weighted by molar-refractivity contribution is -0.148. The minimum Gasteiger partial charge on any atom is -0.480 e. The summed E-state index contributed by atoms with van der Waals surface area (Å²) in [6, 6.07) is 0. The van der Waals surface area contributed by atoms with Gasteiger partial charge < -0.3 is 5.11 Å². The first-order valence-electron chi connectivity index (χ1n) is 4.28. The quantitative estimate of drug-likeness (QED) is 0.632. The molecule has 3 nitrogen and oxygen atoms in total. The zero-order chi connectivity index (χ0) is 8.77. The van der Waals surface area contributed by atoms with E-state index in [9.17, 15) is 9.18 Å². The van der Waals surface area contributed by atoms with Crippen molar-refractivity contribution in [1.82, 2.24) is 4.90 Å². The summed E-state index contributed by atoms with van der Waals surface area (Å²) in [6.07, 6.45) is 0.741. The lowest BCUT2D eigenvalue weighted by Gasteiger charge is -2.25. The second kappa shape index (κ2) is 2.42. The first kappa shape index (κ1) is 7.98. The Morgan fingerprint density at radius 3 is 3.00 bits per heavy atom. The maximum absolute atomic E-state index is 12.9. The molecule has 2 atom stereocenters. The number of carboxylic acids is 1. The highest BCUT2D eigenvalue weighted by atomic mass is 19.1. The average molecular weight is 173 g/mol. The minimum atomic E-state index is -0.943. The van der Waals surface area contributed by atoms with Crippen LogP contribution in [-0.4, -0.2) is 40.8 Å². The second-order valence-corrected chi connectivity index (χ2v) is 3.69. The van der Waals surface area contributed by atoms with E-state index in [0.717, 1.165) is 13.0 Å². The highest BCUT2D eigenvalue weighted by Gasteiger charge is 2.54. The molecule has 1 N–H and O–H groups in total. The van der Waals surface area contributed by atoms with Crippen LogP contribution in [0.5, 0.6) is 0 Å². The molecule has 2 aliphatic rings. The number of rotatable bonds is 1. The Bertz CT molecular complexity index is 221. The summed E-state index contributed by atoms with van der Waals surface area (Å²) in [7, 11) is 0. The van der Waals surface area contributed by atoms with E-state index in [0.29, 0.717) is 13.0 Å². The first-order valence-corrected chi connectivity index (χ1v) is 4.28. The van der Waals surface area contributed by atoms with Crippen molar-refractivity contribution in [1.29, 1.82) is 0 Å². The molecule has 2 fully saturated rings. The van der Waals surface area contributed by atoms with Gasteiger partial charge in [0.15, 0.2) is 0 Å². The van der Waals surface area contributed by atoms with E-state index in [-0.39, 0.29) is 6.42 Å². The van der Waals surface area contributed by atoms with Crippen LogP contribution in [0.25, 0.3) is 0 Å². The van der Waals surface area contributed by atoms with Crippen LogP contribution < -0.4 is 0 Å². The molecule has 0 bridgehead atoms. The minimum absolute atomic E-state index is 0.183. The van der Waals surface area contributed by atoms with Crippen molar-refractivity contribution in [2.75, 3.05) is 13.1 Å². The molecule has 4 heteroatoms. The van der Waals surface area contributed by atoms with E-state index >= 15 is 0 Å². The smallest absolute Gasteiger partial charge is 0.324 e. The monoisotopic (exact) mass is 173 g/mol. The summed E-state index contributed by atoms with van der Waals surface area (Å²) < 4.78 is 12.9. The van der Waals surface area contributed by atoms with Gasteiger partial charge in [0.05, 0.1) is 0 Å². The topological polar surface area (TPSA) is 40.5 Å². The average Bonchev–Trinajstić information content (AvgIpc) is 2.42. The molecule has 0 amide bonds. The van der Waals surface area contributed by atoms with E-state index < -0.39 is 17.7 Å². The normalized spacial score (nSPS) is 41.6. The number of halogens is 1. The summed E-state index contributed by atoms with van der Waals surface area (Å²) in [6.45, 7) is 1.05. The molecule has 0 radical (unpaired) electrons. The highest BCUT2D eigenvalue weighted by Crippen LogP contribution is 2.39. The van der Waals surface area contributed by atoms with Gasteiger partial charge in [-0.3, -0.25) is 9.69 Å². The number of hydrogen-bond donors (Lipinski definition) is 1. The van der Waals surface area contributed by atoms with Crippen LogP contribution in [0.4, 0.5) is 4.39 Å².